The fraction of sp³-hybridized carbons (Fsp3) is 0.250. The highest BCUT2D eigenvalue weighted by atomic mass is 16.7. The lowest BCUT2D eigenvalue weighted by molar-refractivity contribution is -0.00841. The minimum atomic E-state index is -0.0506. The quantitative estimate of drug-likeness (QED) is 0.108. The van der Waals surface area contributed by atoms with Gasteiger partial charge in [-0.2, -0.15) is 0 Å². The molecule has 0 atom stereocenters. The molecule has 49 heavy (non-hydrogen) atoms. The number of morpholine rings is 1. The number of nitrogens with one attached hydrogen (secondary N) is 1. The van der Waals surface area contributed by atoms with Gasteiger partial charge in [0.25, 0.3) is 11.8 Å². The van der Waals surface area contributed by atoms with E-state index >= 15 is 0 Å². The average molecular weight is 660 g/mol. The standard InChI is InChI=1S/C40H41N3O6/c1-42(39(44)35-10-9-33-26-38(16-13-32(33)24-35)49-28-48-22-21-46-2)27-29-5-3-6-31(23-29)30-11-14-36(15-12-30)41-37-8-4-7-34(25-37)40(45)43-17-19-47-20-18-43/h3-16,23-26,41H,17-22,27-28H2,1-2H3. The first kappa shape index (κ1) is 33.7. The zero-order chi connectivity index (χ0) is 34.0. The number of carbonyl (C=O) groups is 2. The molecule has 6 rings (SSSR count). The van der Waals surface area contributed by atoms with Crippen LogP contribution in [0.5, 0.6) is 5.75 Å². The summed E-state index contributed by atoms with van der Waals surface area (Å²) in [4.78, 5) is 29.9. The van der Waals surface area contributed by atoms with Crippen molar-refractivity contribution in [2.75, 3.05) is 65.8 Å². The van der Waals surface area contributed by atoms with Gasteiger partial charge in [-0.1, -0.05) is 48.5 Å². The molecule has 1 aliphatic rings. The van der Waals surface area contributed by atoms with Crippen molar-refractivity contribution < 1.29 is 28.5 Å². The molecule has 1 N–H and O–H groups in total. The Kier molecular flexibility index (Phi) is 11.2. The molecule has 9 nitrogen and oxygen atoms in total. The van der Waals surface area contributed by atoms with Crippen LogP contribution in [0.1, 0.15) is 26.3 Å². The van der Waals surface area contributed by atoms with E-state index in [-0.39, 0.29) is 18.6 Å². The second kappa shape index (κ2) is 16.3. The predicted molar refractivity (Wildman–Crippen MR) is 191 cm³/mol. The Morgan fingerprint density at radius 2 is 1.55 bits per heavy atom. The van der Waals surface area contributed by atoms with Crippen LogP contribution >= 0.6 is 0 Å². The van der Waals surface area contributed by atoms with Crippen molar-refractivity contribution in [3.8, 4) is 16.9 Å². The fourth-order valence-electron chi connectivity index (χ4n) is 5.76. The van der Waals surface area contributed by atoms with E-state index in [4.69, 9.17) is 18.9 Å². The number of methoxy groups -OCH3 is 1. The third-order valence-corrected chi connectivity index (χ3v) is 8.41. The molecule has 0 aliphatic carbocycles. The van der Waals surface area contributed by atoms with Gasteiger partial charge in [-0.05, 0) is 88.1 Å². The Labute approximate surface area is 287 Å². The second-order valence-electron chi connectivity index (χ2n) is 11.9. The van der Waals surface area contributed by atoms with Gasteiger partial charge < -0.3 is 34.1 Å². The molecule has 9 heteroatoms. The SMILES string of the molecule is COCCOCOc1ccc2cc(C(=O)N(C)Cc3cccc(-c4ccc(Nc5cccc(C(=O)N6CCOCC6)c5)cc4)c3)ccc2c1. The van der Waals surface area contributed by atoms with Crippen LogP contribution < -0.4 is 10.1 Å². The van der Waals surface area contributed by atoms with E-state index < -0.39 is 0 Å². The summed E-state index contributed by atoms with van der Waals surface area (Å²) in [7, 11) is 3.45. The van der Waals surface area contributed by atoms with E-state index in [2.05, 4.69) is 29.6 Å². The van der Waals surface area contributed by atoms with Crippen LogP contribution in [0.2, 0.25) is 0 Å². The summed E-state index contributed by atoms with van der Waals surface area (Å²) >= 11 is 0. The first-order valence-corrected chi connectivity index (χ1v) is 16.4. The minimum Gasteiger partial charge on any atom is -0.468 e. The number of hydrogen-bond donors (Lipinski definition) is 1. The molecule has 252 valence electrons. The van der Waals surface area contributed by atoms with E-state index in [9.17, 15) is 9.59 Å². The molecule has 0 radical (unpaired) electrons. The molecule has 0 bridgehead atoms. The van der Waals surface area contributed by atoms with Crippen molar-refractivity contribution in [1.82, 2.24) is 9.80 Å². The summed E-state index contributed by atoms with van der Waals surface area (Å²) in [6, 6.07) is 35.5. The lowest BCUT2D eigenvalue weighted by Crippen LogP contribution is -2.40. The van der Waals surface area contributed by atoms with Crippen molar-refractivity contribution in [3.05, 3.63) is 126 Å². The van der Waals surface area contributed by atoms with Crippen LogP contribution in [0, 0.1) is 0 Å². The zero-order valence-corrected chi connectivity index (χ0v) is 27.9. The number of amides is 2. The summed E-state index contributed by atoms with van der Waals surface area (Å²) < 4.78 is 21.4. The van der Waals surface area contributed by atoms with Crippen LogP contribution in [0.25, 0.3) is 21.9 Å². The molecular weight excluding hydrogens is 618 g/mol. The van der Waals surface area contributed by atoms with Gasteiger partial charge in [-0.3, -0.25) is 9.59 Å². The van der Waals surface area contributed by atoms with Crippen LogP contribution in [-0.4, -0.2) is 82.1 Å². The van der Waals surface area contributed by atoms with Crippen molar-refractivity contribution in [1.29, 1.82) is 0 Å². The summed E-state index contributed by atoms with van der Waals surface area (Å²) in [6.07, 6.45) is 0. The summed E-state index contributed by atoms with van der Waals surface area (Å²) in [5.41, 5.74) is 6.23. The van der Waals surface area contributed by atoms with Gasteiger partial charge in [0, 0.05) is 56.3 Å². The van der Waals surface area contributed by atoms with Crippen LogP contribution in [0.15, 0.2) is 109 Å². The third-order valence-electron chi connectivity index (χ3n) is 8.41. The minimum absolute atomic E-state index is 0.0211. The van der Waals surface area contributed by atoms with E-state index in [1.165, 1.54) is 0 Å². The number of benzene rings is 5. The molecule has 1 saturated heterocycles. The number of hydrogen-bond acceptors (Lipinski definition) is 7. The highest BCUT2D eigenvalue weighted by Gasteiger charge is 2.19. The molecule has 1 aliphatic heterocycles. The summed E-state index contributed by atoms with van der Waals surface area (Å²) in [6.45, 7) is 3.98. The Hall–Kier alpha value is -5.22. The number of rotatable bonds is 13. The van der Waals surface area contributed by atoms with Gasteiger partial charge in [0.2, 0.25) is 0 Å². The molecule has 0 spiro atoms. The molecule has 1 fully saturated rings. The topological polar surface area (TPSA) is 89.6 Å². The molecular formula is C40H41N3O6. The Morgan fingerprint density at radius 1 is 0.776 bits per heavy atom. The Balaban J connectivity index is 1.06. The van der Waals surface area contributed by atoms with Crippen molar-refractivity contribution in [3.63, 3.8) is 0 Å². The average Bonchev–Trinajstić information content (AvgIpc) is 3.14. The highest BCUT2D eigenvalue weighted by Crippen LogP contribution is 2.26. The van der Waals surface area contributed by atoms with Gasteiger partial charge in [-0.25, -0.2) is 0 Å². The van der Waals surface area contributed by atoms with Gasteiger partial charge in [0.1, 0.15) is 5.75 Å². The lowest BCUT2D eigenvalue weighted by atomic mass is 10.0. The number of anilines is 2. The monoisotopic (exact) mass is 659 g/mol. The Bertz CT molecular complexity index is 1890. The van der Waals surface area contributed by atoms with E-state index in [1.807, 2.05) is 96.9 Å². The maximum absolute atomic E-state index is 13.4. The summed E-state index contributed by atoms with van der Waals surface area (Å²) in [5, 5.41) is 5.36. The molecule has 0 unspecified atom stereocenters. The van der Waals surface area contributed by atoms with Gasteiger partial charge in [0.15, 0.2) is 6.79 Å². The van der Waals surface area contributed by atoms with Gasteiger partial charge in [-0.15, -0.1) is 0 Å². The Morgan fingerprint density at radius 3 is 2.37 bits per heavy atom. The van der Waals surface area contributed by atoms with Gasteiger partial charge >= 0.3 is 0 Å². The maximum Gasteiger partial charge on any atom is 0.254 e. The zero-order valence-electron chi connectivity index (χ0n) is 27.9. The number of carbonyl (C=O) groups excluding carboxylic acids is 2. The fourth-order valence-corrected chi connectivity index (χ4v) is 5.76. The molecule has 1 heterocycles. The normalized spacial score (nSPS) is 12.9. The molecule has 0 saturated carbocycles. The van der Waals surface area contributed by atoms with Crippen molar-refractivity contribution in [2.45, 2.75) is 6.54 Å². The summed E-state index contributed by atoms with van der Waals surface area (Å²) in [5.74, 6) is 0.674. The largest absolute Gasteiger partial charge is 0.468 e. The van der Waals surface area contributed by atoms with E-state index in [0.717, 1.165) is 38.8 Å². The molecule has 2 amide bonds. The van der Waals surface area contributed by atoms with Crippen molar-refractivity contribution in [2.24, 2.45) is 0 Å². The smallest absolute Gasteiger partial charge is 0.254 e. The van der Waals surface area contributed by atoms with Crippen LogP contribution in [0.4, 0.5) is 11.4 Å². The van der Waals surface area contributed by atoms with Crippen LogP contribution in [0.3, 0.4) is 0 Å². The number of nitrogens with zero attached hydrogens (tertiary/aromatic N) is 2. The lowest BCUT2D eigenvalue weighted by Gasteiger charge is -2.27. The first-order chi connectivity index (χ1) is 24.0. The van der Waals surface area contributed by atoms with E-state index in [0.29, 0.717) is 62.9 Å². The van der Waals surface area contributed by atoms with Gasteiger partial charge in [0.05, 0.1) is 26.4 Å². The molecule has 5 aromatic carbocycles. The number of fused-ring (bicyclic) bond motifs is 1. The molecule has 0 aromatic heterocycles. The maximum atomic E-state index is 13.4. The van der Waals surface area contributed by atoms with E-state index in [1.54, 1.807) is 12.0 Å². The predicted octanol–water partition coefficient (Wildman–Crippen LogP) is 6.99. The number of ether oxygens (including phenoxy) is 4. The third kappa shape index (κ3) is 8.83. The van der Waals surface area contributed by atoms with Crippen molar-refractivity contribution >= 4 is 34.0 Å². The van der Waals surface area contributed by atoms with Crippen LogP contribution in [-0.2, 0) is 20.8 Å². The highest BCUT2D eigenvalue weighted by molar-refractivity contribution is 5.99. The molecule has 5 aromatic rings. The first-order valence-electron chi connectivity index (χ1n) is 16.4. The second-order valence-corrected chi connectivity index (χ2v) is 11.9.